The molecule has 3 rings (SSSR count). The number of rotatable bonds is 21. The zero-order valence-corrected chi connectivity index (χ0v) is 33.0. The van der Waals surface area contributed by atoms with Crippen LogP contribution in [0.25, 0.3) is 10.9 Å². The predicted molar refractivity (Wildman–Crippen MR) is 211 cm³/mol. The lowest BCUT2D eigenvalue weighted by atomic mass is 9.95. The molecular weight excluding hydrogens is 702 g/mol. The summed E-state index contributed by atoms with van der Waals surface area (Å²) in [6.07, 6.45) is 0.928. The van der Waals surface area contributed by atoms with Crippen molar-refractivity contribution in [1.29, 1.82) is 0 Å². The maximum atomic E-state index is 13.8. The fourth-order valence-electron chi connectivity index (χ4n) is 6.49. The molecule has 14 nitrogen and oxygen atoms in total. The molecule has 1 aromatic heterocycles. The number of primary amides is 1. The minimum Gasteiger partial charge on any atom is -0.390 e. The summed E-state index contributed by atoms with van der Waals surface area (Å²) in [5, 5.41) is 26.0. The number of carbonyl (C=O) groups is 6. The molecule has 9 N–H and O–H groups in total. The van der Waals surface area contributed by atoms with Crippen LogP contribution in [0.5, 0.6) is 0 Å². The number of aliphatic hydroxyl groups excluding tert-OH is 1. The highest BCUT2D eigenvalue weighted by atomic mass is 16.3. The number of hydrogen-bond acceptors (Lipinski definition) is 7. The van der Waals surface area contributed by atoms with Gasteiger partial charge in [-0.05, 0) is 47.8 Å². The molecule has 0 aliphatic heterocycles. The number of hydrogen-bond donors (Lipinski definition) is 8. The van der Waals surface area contributed by atoms with Gasteiger partial charge >= 0.3 is 0 Å². The third-order valence-electron chi connectivity index (χ3n) is 9.25. The predicted octanol–water partition coefficient (Wildman–Crippen LogP) is 2.38. The van der Waals surface area contributed by atoms with E-state index in [-0.39, 0.29) is 37.0 Å². The number of aliphatic hydroxyl groups is 1. The molecule has 2 aromatic carbocycles. The van der Waals surface area contributed by atoms with Crippen LogP contribution in [-0.4, -0.2) is 81.8 Å². The lowest BCUT2D eigenvalue weighted by molar-refractivity contribution is -0.134. The Morgan fingerprint density at radius 3 is 1.91 bits per heavy atom. The molecule has 6 atom stereocenters. The molecule has 0 aliphatic carbocycles. The van der Waals surface area contributed by atoms with Gasteiger partial charge < -0.3 is 42.4 Å². The monoisotopic (exact) mass is 761 g/mol. The Balaban J connectivity index is 1.70. The normalized spacial score (nSPS) is 14.7. The largest absolute Gasteiger partial charge is 0.390 e. The smallest absolute Gasteiger partial charge is 0.243 e. The van der Waals surface area contributed by atoms with Crippen LogP contribution >= 0.6 is 0 Å². The molecule has 1 heterocycles. The Morgan fingerprint density at radius 1 is 0.691 bits per heavy atom. The number of fused-ring (bicyclic) bond motifs is 1. The minimum absolute atomic E-state index is 0.00485. The fourth-order valence-corrected chi connectivity index (χ4v) is 6.49. The minimum atomic E-state index is -1.34. The first-order valence-electron chi connectivity index (χ1n) is 19.0. The number of nitrogens with two attached hydrogens (primary N) is 1. The van der Waals surface area contributed by atoms with Gasteiger partial charge in [0.1, 0.15) is 24.2 Å². The lowest BCUT2D eigenvalue weighted by Crippen LogP contribution is -2.58. The summed E-state index contributed by atoms with van der Waals surface area (Å²) >= 11 is 0. The summed E-state index contributed by atoms with van der Waals surface area (Å²) in [4.78, 5) is 81.7. The maximum Gasteiger partial charge on any atom is 0.243 e. The summed E-state index contributed by atoms with van der Waals surface area (Å²) in [5.41, 5.74) is 8.12. The fraction of sp³-hybridized carbons (Fsp3) is 0.512. The van der Waals surface area contributed by atoms with E-state index < -0.39 is 78.2 Å². The molecule has 14 heteroatoms. The van der Waals surface area contributed by atoms with Crippen LogP contribution in [0.4, 0.5) is 0 Å². The van der Waals surface area contributed by atoms with Gasteiger partial charge in [-0.3, -0.25) is 28.8 Å². The van der Waals surface area contributed by atoms with Crippen molar-refractivity contribution in [1.82, 2.24) is 31.6 Å². The topological polar surface area (TPSA) is 225 Å². The first-order valence-corrected chi connectivity index (χ1v) is 19.0. The second-order valence-electron chi connectivity index (χ2n) is 15.5. The Labute approximate surface area is 323 Å². The molecule has 0 aliphatic rings. The molecule has 0 bridgehead atoms. The second kappa shape index (κ2) is 21.0. The van der Waals surface area contributed by atoms with Gasteiger partial charge in [0.05, 0.1) is 18.6 Å². The van der Waals surface area contributed by atoms with Crippen molar-refractivity contribution in [2.45, 2.75) is 117 Å². The number of benzene rings is 2. The molecular formula is C41H59N7O7. The van der Waals surface area contributed by atoms with E-state index in [0.29, 0.717) is 6.42 Å². The Kier molecular flexibility index (Phi) is 16.9. The van der Waals surface area contributed by atoms with Crippen LogP contribution in [0.15, 0.2) is 60.8 Å². The quantitative estimate of drug-likeness (QED) is 0.0809. The molecule has 0 saturated heterocycles. The number of aromatic amines is 1. The van der Waals surface area contributed by atoms with Crippen LogP contribution in [-0.2, 0) is 41.6 Å². The Hall–Kier alpha value is -5.24. The van der Waals surface area contributed by atoms with Gasteiger partial charge in [-0.25, -0.2) is 0 Å². The third-order valence-corrected chi connectivity index (χ3v) is 9.25. The van der Waals surface area contributed by atoms with Crippen molar-refractivity contribution < 1.29 is 33.9 Å². The molecule has 0 radical (unpaired) electrons. The second-order valence-corrected chi connectivity index (χ2v) is 15.5. The highest BCUT2D eigenvalue weighted by Gasteiger charge is 2.33. The molecule has 0 unspecified atom stereocenters. The molecule has 0 fully saturated rings. The highest BCUT2D eigenvalue weighted by Crippen LogP contribution is 2.20. The van der Waals surface area contributed by atoms with E-state index in [0.717, 1.165) is 22.0 Å². The summed E-state index contributed by atoms with van der Waals surface area (Å²) in [6.45, 7) is 12.4. The zero-order valence-electron chi connectivity index (χ0n) is 33.0. The van der Waals surface area contributed by atoms with Gasteiger partial charge in [0, 0.05) is 36.9 Å². The van der Waals surface area contributed by atoms with Crippen molar-refractivity contribution >= 4 is 46.3 Å². The van der Waals surface area contributed by atoms with E-state index in [1.807, 2.05) is 82.3 Å². The number of nitrogens with one attached hydrogen (secondary N) is 6. The van der Waals surface area contributed by atoms with E-state index in [2.05, 4.69) is 31.6 Å². The van der Waals surface area contributed by atoms with E-state index in [4.69, 9.17) is 5.73 Å². The van der Waals surface area contributed by atoms with Crippen LogP contribution < -0.4 is 32.3 Å². The average Bonchev–Trinajstić information content (AvgIpc) is 3.51. The van der Waals surface area contributed by atoms with Crippen LogP contribution in [0.2, 0.25) is 0 Å². The maximum absolute atomic E-state index is 13.8. The van der Waals surface area contributed by atoms with Gasteiger partial charge in [0.15, 0.2) is 0 Å². The van der Waals surface area contributed by atoms with Crippen LogP contribution in [0.3, 0.4) is 0 Å². The highest BCUT2D eigenvalue weighted by molar-refractivity contribution is 5.94. The van der Waals surface area contributed by atoms with Crippen molar-refractivity contribution in [2.24, 2.45) is 23.5 Å². The molecule has 300 valence electrons. The van der Waals surface area contributed by atoms with Gasteiger partial charge in [-0.2, -0.15) is 0 Å². The summed E-state index contributed by atoms with van der Waals surface area (Å²) in [5.74, 6) is -3.82. The molecule has 0 spiro atoms. The van der Waals surface area contributed by atoms with Crippen LogP contribution in [0, 0.1) is 17.8 Å². The third kappa shape index (κ3) is 14.2. The summed E-state index contributed by atoms with van der Waals surface area (Å²) in [6, 6.07) is 11.8. The van der Waals surface area contributed by atoms with Crippen molar-refractivity contribution in [3.63, 3.8) is 0 Å². The van der Waals surface area contributed by atoms with Gasteiger partial charge in [-0.1, -0.05) is 90.1 Å². The van der Waals surface area contributed by atoms with E-state index >= 15 is 0 Å². The SMILES string of the molecule is CC(=O)N[C@@H](Cc1c[nH]c2ccccc12)C(=O)N[C@H](C(=O)N[C@@H](CC(C)C)[C@@H](O)CC(=O)N[C@@H](CC(C)C)C(=O)N[C@@H](Cc1ccccc1)C(N)=O)C(C)C. The summed E-state index contributed by atoms with van der Waals surface area (Å²) in [7, 11) is 0. The average molecular weight is 762 g/mol. The number of para-hydroxylation sites is 1. The Morgan fingerprint density at radius 2 is 1.31 bits per heavy atom. The van der Waals surface area contributed by atoms with Gasteiger partial charge in [0.2, 0.25) is 35.4 Å². The molecule has 55 heavy (non-hydrogen) atoms. The first kappa shape index (κ1) is 44.2. The standard InChI is InChI=1S/C41H59N7O7/c1-23(2)17-31(35(50)21-36(51)45-33(18-24(3)4)39(53)47-32(38(42)52)19-27-13-9-8-10-14-27)46-41(55)37(25(5)6)48-40(54)34(44-26(7)49)20-28-22-43-30-16-12-11-15-29(28)30/h8-16,22-25,31-35,37,43,50H,17-21H2,1-7H3,(H2,42,52)(H,44,49)(H,45,51)(H,46,55)(H,47,53)(H,48,54)/t31-,32-,33-,34-,35-,37-/m0/s1. The molecule has 6 amide bonds. The molecule has 3 aromatic rings. The van der Waals surface area contributed by atoms with E-state index in [1.165, 1.54) is 6.92 Å². The zero-order chi connectivity index (χ0) is 40.8. The lowest BCUT2D eigenvalue weighted by Gasteiger charge is -2.30. The van der Waals surface area contributed by atoms with Gasteiger partial charge in [-0.15, -0.1) is 0 Å². The van der Waals surface area contributed by atoms with Gasteiger partial charge in [0.25, 0.3) is 0 Å². The number of amides is 6. The van der Waals surface area contributed by atoms with E-state index in [1.54, 1.807) is 20.0 Å². The van der Waals surface area contributed by atoms with E-state index in [9.17, 15) is 33.9 Å². The number of H-pyrrole nitrogens is 1. The van der Waals surface area contributed by atoms with Crippen molar-refractivity contribution in [3.8, 4) is 0 Å². The van der Waals surface area contributed by atoms with Crippen molar-refractivity contribution in [2.75, 3.05) is 0 Å². The van der Waals surface area contributed by atoms with Crippen LogP contribution in [0.1, 0.15) is 78.9 Å². The Bertz CT molecular complexity index is 1760. The first-order chi connectivity index (χ1) is 25.9. The van der Waals surface area contributed by atoms with Crippen molar-refractivity contribution in [3.05, 3.63) is 71.9 Å². The molecule has 0 saturated carbocycles. The summed E-state index contributed by atoms with van der Waals surface area (Å²) < 4.78 is 0. The number of aromatic nitrogens is 1. The number of carbonyl (C=O) groups excluding carboxylic acids is 6.